The number of nitriles is 1. The highest BCUT2D eigenvalue weighted by Gasteiger charge is 2.73. The van der Waals surface area contributed by atoms with Gasteiger partial charge >= 0.3 is 0 Å². The van der Waals surface area contributed by atoms with E-state index in [2.05, 4.69) is 6.07 Å². The number of hydrogen-bond donors (Lipinski definition) is 0. The third kappa shape index (κ3) is 2.97. The Hall–Kier alpha value is -3.93. The molecule has 4 atom stereocenters. The van der Waals surface area contributed by atoms with Crippen molar-refractivity contribution in [2.45, 2.75) is 43.9 Å². The van der Waals surface area contributed by atoms with Crippen LogP contribution in [0.5, 0.6) is 0 Å². The Labute approximate surface area is 221 Å². The molecule has 0 N–H and O–H groups in total. The maximum atomic E-state index is 14.0. The Balaban J connectivity index is 1.26. The fraction of sp³-hybridized carbons (Fsp3) is 0.310. The van der Waals surface area contributed by atoms with Crippen LogP contribution in [0, 0.1) is 23.2 Å². The molecule has 4 heterocycles. The first-order valence-corrected chi connectivity index (χ1v) is 12.9. The molecule has 9 heteroatoms. The Bertz CT molecular complexity index is 1800. The number of benzene rings is 3. The summed E-state index contributed by atoms with van der Waals surface area (Å²) in [5.74, 6) is -1.88. The standard InChI is InChI=1S/C29H22ClN3O5/c1-28-10-11-29(38-28,12-13-32-25(34)20-8-7-17(30)14-22(20)37-32)24-23(28)26(35)33(27(24)36)21-9-6-16(15-31)18-4-2-3-5-19(18)21/h2-9,14,23-24H,10-13H2,1H3. The predicted molar refractivity (Wildman–Crippen MR) is 140 cm³/mol. The van der Waals surface area contributed by atoms with E-state index in [4.69, 9.17) is 20.9 Å². The van der Waals surface area contributed by atoms with Crippen molar-refractivity contribution in [3.8, 4) is 6.07 Å². The van der Waals surface area contributed by atoms with Crippen LogP contribution in [0.3, 0.4) is 0 Å². The molecular formula is C29H22ClN3O5. The van der Waals surface area contributed by atoms with Crippen LogP contribution in [0.15, 0.2) is 63.9 Å². The largest absolute Gasteiger partial charge is 0.376 e. The molecule has 7 rings (SSSR count). The van der Waals surface area contributed by atoms with Crippen molar-refractivity contribution in [1.82, 2.24) is 4.74 Å². The summed E-state index contributed by atoms with van der Waals surface area (Å²) in [5, 5.41) is 11.8. The molecule has 8 nitrogen and oxygen atoms in total. The monoisotopic (exact) mass is 527 g/mol. The van der Waals surface area contributed by atoms with Crippen LogP contribution in [0.2, 0.25) is 5.02 Å². The van der Waals surface area contributed by atoms with Gasteiger partial charge in [-0.25, -0.2) is 4.90 Å². The fourth-order valence-corrected chi connectivity index (χ4v) is 7.07. The number of aromatic nitrogens is 1. The van der Waals surface area contributed by atoms with Crippen LogP contribution >= 0.6 is 11.6 Å². The van der Waals surface area contributed by atoms with E-state index in [0.717, 1.165) is 0 Å². The van der Waals surface area contributed by atoms with Gasteiger partial charge in [0.1, 0.15) is 0 Å². The van der Waals surface area contributed by atoms with Crippen molar-refractivity contribution < 1.29 is 18.8 Å². The number of imide groups is 1. The van der Waals surface area contributed by atoms with Crippen molar-refractivity contribution in [1.29, 1.82) is 5.26 Å². The first-order chi connectivity index (χ1) is 18.3. The quantitative estimate of drug-likeness (QED) is 0.353. The first kappa shape index (κ1) is 23.2. The van der Waals surface area contributed by atoms with Crippen molar-refractivity contribution in [2.75, 3.05) is 4.90 Å². The van der Waals surface area contributed by atoms with E-state index in [1.54, 1.807) is 30.3 Å². The number of amides is 2. The number of halogens is 1. The van der Waals surface area contributed by atoms with Gasteiger partial charge in [0, 0.05) is 21.9 Å². The smallest absolute Gasteiger partial charge is 0.290 e. The van der Waals surface area contributed by atoms with Crippen LogP contribution in [0.4, 0.5) is 5.69 Å². The van der Waals surface area contributed by atoms with Crippen LogP contribution < -0.4 is 10.5 Å². The normalized spacial score (nSPS) is 28.0. The molecule has 3 aliphatic heterocycles. The molecular weight excluding hydrogens is 506 g/mol. The summed E-state index contributed by atoms with van der Waals surface area (Å²) in [6, 6.07) is 17.7. The number of ether oxygens (including phenoxy) is 1. The molecule has 3 aromatic carbocycles. The van der Waals surface area contributed by atoms with Gasteiger partial charge in [0.25, 0.3) is 5.56 Å². The zero-order chi connectivity index (χ0) is 26.4. The van der Waals surface area contributed by atoms with Gasteiger partial charge in [0.05, 0.1) is 52.3 Å². The lowest BCUT2D eigenvalue weighted by molar-refractivity contribution is -0.131. The van der Waals surface area contributed by atoms with Gasteiger partial charge in [-0.15, -0.1) is 0 Å². The average Bonchev–Trinajstić information content (AvgIpc) is 3.58. The van der Waals surface area contributed by atoms with E-state index in [1.807, 2.05) is 31.2 Å². The number of carbonyl (C=O) groups is 2. The molecule has 0 radical (unpaired) electrons. The molecule has 1 aromatic heterocycles. The van der Waals surface area contributed by atoms with E-state index in [9.17, 15) is 19.6 Å². The lowest BCUT2D eigenvalue weighted by atomic mass is 9.67. The van der Waals surface area contributed by atoms with Gasteiger partial charge in [-0.3, -0.25) is 14.4 Å². The number of rotatable bonds is 4. The number of aryl methyl sites for hydroxylation is 1. The fourth-order valence-electron chi connectivity index (χ4n) is 6.90. The highest BCUT2D eigenvalue weighted by molar-refractivity contribution is 6.31. The predicted octanol–water partition coefficient (Wildman–Crippen LogP) is 4.79. The number of hydrogen-bond acceptors (Lipinski definition) is 6. The van der Waals surface area contributed by atoms with Crippen LogP contribution in [-0.2, 0) is 20.9 Å². The molecule has 38 heavy (non-hydrogen) atoms. The molecule has 2 amide bonds. The molecule has 3 fully saturated rings. The Kier molecular flexibility index (Phi) is 4.76. The molecule has 2 bridgehead atoms. The number of anilines is 1. The molecule has 0 aliphatic carbocycles. The third-order valence-electron chi connectivity index (χ3n) is 8.62. The van der Waals surface area contributed by atoms with Gasteiger partial charge in [-0.2, -0.15) is 10.0 Å². The second-order valence-electron chi connectivity index (χ2n) is 10.6. The van der Waals surface area contributed by atoms with Crippen molar-refractivity contribution in [2.24, 2.45) is 11.8 Å². The highest BCUT2D eigenvalue weighted by atomic mass is 35.5. The second kappa shape index (κ2) is 7.79. The maximum Gasteiger partial charge on any atom is 0.290 e. The number of carbonyl (C=O) groups excluding carboxylic acids is 2. The minimum Gasteiger partial charge on any atom is -0.376 e. The Morgan fingerprint density at radius 2 is 1.76 bits per heavy atom. The molecule has 0 saturated carbocycles. The number of fused-ring (bicyclic) bond motifs is 7. The van der Waals surface area contributed by atoms with E-state index < -0.39 is 23.0 Å². The van der Waals surface area contributed by atoms with Gasteiger partial charge in [-0.05, 0) is 50.5 Å². The summed E-state index contributed by atoms with van der Waals surface area (Å²) >= 11 is 6.05. The summed E-state index contributed by atoms with van der Waals surface area (Å²) in [5.41, 5.74) is -0.587. The van der Waals surface area contributed by atoms with Gasteiger partial charge < -0.3 is 9.26 Å². The highest BCUT2D eigenvalue weighted by Crippen LogP contribution is 2.62. The maximum absolute atomic E-state index is 14.0. The Morgan fingerprint density at radius 3 is 2.55 bits per heavy atom. The molecule has 3 aliphatic rings. The topological polar surface area (TPSA) is 106 Å². The van der Waals surface area contributed by atoms with Gasteiger partial charge in [0.15, 0.2) is 5.58 Å². The van der Waals surface area contributed by atoms with E-state index >= 15 is 0 Å². The minimum atomic E-state index is -0.890. The summed E-state index contributed by atoms with van der Waals surface area (Å²) in [6.07, 6.45) is 1.59. The lowest BCUT2D eigenvalue weighted by Gasteiger charge is -2.31. The summed E-state index contributed by atoms with van der Waals surface area (Å²) in [4.78, 5) is 42.1. The van der Waals surface area contributed by atoms with E-state index in [0.29, 0.717) is 57.3 Å². The van der Waals surface area contributed by atoms with Gasteiger partial charge in [-0.1, -0.05) is 35.9 Å². The van der Waals surface area contributed by atoms with E-state index in [-0.39, 0.29) is 23.9 Å². The van der Waals surface area contributed by atoms with Crippen LogP contribution in [0.1, 0.15) is 31.7 Å². The Morgan fingerprint density at radius 1 is 1.00 bits per heavy atom. The molecule has 4 unspecified atom stereocenters. The first-order valence-electron chi connectivity index (χ1n) is 12.6. The van der Waals surface area contributed by atoms with Crippen LogP contribution in [0.25, 0.3) is 21.7 Å². The second-order valence-corrected chi connectivity index (χ2v) is 11.1. The number of nitrogens with zero attached hydrogens (tertiary/aromatic N) is 3. The SMILES string of the molecule is CC12CCC(CCn3oc4cc(Cl)ccc4c3=O)(O1)C1C(=O)N(c3ccc(C#N)c4ccccc34)C(=O)C12. The zero-order valence-corrected chi connectivity index (χ0v) is 21.2. The van der Waals surface area contributed by atoms with Crippen molar-refractivity contribution >= 4 is 50.8 Å². The van der Waals surface area contributed by atoms with Crippen LogP contribution in [-0.4, -0.2) is 27.8 Å². The van der Waals surface area contributed by atoms with E-state index in [1.165, 1.54) is 9.64 Å². The van der Waals surface area contributed by atoms with Gasteiger partial charge in [0.2, 0.25) is 11.8 Å². The molecule has 0 spiro atoms. The molecule has 3 saturated heterocycles. The minimum absolute atomic E-state index is 0.200. The molecule has 4 aromatic rings. The summed E-state index contributed by atoms with van der Waals surface area (Å²) < 4.78 is 13.6. The van der Waals surface area contributed by atoms with Crippen molar-refractivity contribution in [3.05, 3.63) is 75.5 Å². The zero-order valence-electron chi connectivity index (χ0n) is 20.4. The molecule has 190 valence electrons. The van der Waals surface area contributed by atoms with Crippen molar-refractivity contribution in [3.63, 3.8) is 0 Å². The average molecular weight is 528 g/mol. The third-order valence-corrected chi connectivity index (χ3v) is 8.86. The summed E-state index contributed by atoms with van der Waals surface area (Å²) in [6.45, 7) is 2.10. The lowest BCUT2D eigenvalue weighted by Crippen LogP contribution is -2.43. The summed E-state index contributed by atoms with van der Waals surface area (Å²) in [7, 11) is 0.